The van der Waals surface area contributed by atoms with Crippen LogP contribution in [0.2, 0.25) is 10.4 Å². The first-order valence-electron chi connectivity index (χ1n) is 4.12. The zero-order valence-corrected chi connectivity index (χ0v) is 9.02. The average molecular weight is 241 g/mol. The summed E-state index contributed by atoms with van der Waals surface area (Å²) in [7, 11) is 0. The second kappa shape index (κ2) is 4.42. The first-order valence-corrected chi connectivity index (χ1v) is 4.88. The molecule has 0 saturated heterocycles. The van der Waals surface area contributed by atoms with Crippen LogP contribution < -0.4 is 4.68 Å². The van der Waals surface area contributed by atoms with Crippen LogP contribution in [0, 0.1) is 0 Å². The summed E-state index contributed by atoms with van der Waals surface area (Å²) in [5.74, 6) is 0.413. The van der Waals surface area contributed by atoms with Crippen LogP contribution in [0.5, 0.6) is 0 Å². The molecule has 6 heteroatoms. The molecular formula is C9H6Cl2N4. The second-order valence-electron chi connectivity index (χ2n) is 2.67. The minimum absolute atomic E-state index is 0.0813. The number of nitrogens with zero attached hydrogens (tertiary/aromatic N) is 4. The average Bonchev–Trinajstić information content (AvgIpc) is 2.17. The molecule has 0 radical (unpaired) electrons. The highest BCUT2D eigenvalue weighted by Gasteiger charge is 1.96. The van der Waals surface area contributed by atoms with Gasteiger partial charge in [0, 0.05) is 18.0 Å². The number of hydrogen-bond donors (Lipinski definition) is 0. The molecule has 2 aromatic rings. The van der Waals surface area contributed by atoms with Gasteiger partial charge in [0.25, 0.3) is 0 Å². The van der Waals surface area contributed by atoms with Crippen LogP contribution in [-0.2, 0) is 0 Å². The first-order chi connectivity index (χ1) is 7.24. The smallest absolute Gasteiger partial charge is 0.182 e. The summed E-state index contributed by atoms with van der Waals surface area (Å²) in [6.07, 6.45) is 3.56. The van der Waals surface area contributed by atoms with Gasteiger partial charge in [-0.3, -0.25) is 0 Å². The van der Waals surface area contributed by atoms with Gasteiger partial charge in [0.05, 0.1) is 0 Å². The predicted octanol–water partition coefficient (Wildman–Crippen LogP) is 2.54. The van der Waals surface area contributed by atoms with E-state index >= 15 is 0 Å². The van der Waals surface area contributed by atoms with E-state index in [0.29, 0.717) is 5.82 Å². The molecule has 15 heavy (non-hydrogen) atoms. The van der Waals surface area contributed by atoms with Gasteiger partial charge in [-0.05, 0) is 6.07 Å². The molecule has 4 nitrogen and oxygen atoms in total. The Hall–Kier alpha value is -1.39. The number of aromatic nitrogens is 3. The Labute approximate surface area is 96.5 Å². The Morgan fingerprint density at radius 3 is 2.47 bits per heavy atom. The minimum atomic E-state index is 0.0813. The molecule has 0 aliphatic rings. The quantitative estimate of drug-likeness (QED) is 0.460. The van der Waals surface area contributed by atoms with Gasteiger partial charge in [-0.2, -0.15) is 10.1 Å². The number of rotatable bonds is 2. The molecule has 0 aliphatic carbocycles. The van der Waals surface area contributed by atoms with E-state index in [4.69, 9.17) is 23.2 Å². The maximum Gasteiger partial charge on any atom is 0.182 e. The molecule has 0 aromatic carbocycles. The molecule has 0 saturated carbocycles. The maximum atomic E-state index is 5.71. The summed E-state index contributed by atoms with van der Waals surface area (Å²) in [6, 6.07) is 7.14. The van der Waals surface area contributed by atoms with Crippen molar-refractivity contribution in [2.75, 3.05) is 0 Å². The van der Waals surface area contributed by atoms with Crippen molar-refractivity contribution < 1.29 is 4.68 Å². The van der Waals surface area contributed by atoms with Crippen molar-refractivity contribution in [2.45, 2.75) is 0 Å². The van der Waals surface area contributed by atoms with E-state index < -0.39 is 0 Å². The molecule has 2 aromatic heterocycles. The van der Waals surface area contributed by atoms with Crippen LogP contribution in [0.15, 0.2) is 36.7 Å². The Morgan fingerprint density at radius 1 is 1.07 bits per heavy atom. The molecular weight excluding hydrogens is 235 g/mol. The van der Waals surface area contributed by atoms with E-state index in [1.165, 1.54) is 6.07 Å². The van der Waals surface area contributed by atoms with Crippen LogP contribution in [0.1, 0.15) is 0 Å². The number of halogens is 2. The maximum absolute atomic E-state index is 5.71. The summed E-state index contributed by atoms with van der Waals surface area (Å²) in [4.78, 5) is 7.64. The van der Waals surface area contributed by atoms with Crippen molar-refractivity contribution in [3.05, 3.63) is 52.5 Å². The lowest BCUT2D eigenvalue weighted by atomic mass is 10.5. The fourth-order valence-electron chi connectivity index (χ4n) is 1.00. The molecule has 0 unspecified atom stereocenters. The van der Waals surface area contributed by atoms with E-state index in [-0.39, 0.29) is 10.4 Å². The summed E-state index contributed by atoms with van der Waals surface area (Å²) in [6.45, 7) is 0. The normalized spacial score (nSPS) is 10.0. The summed E-state index contributed by atoms with van der Waals surface area (Å²) in [5.41, 5.74) is 4.16. The number of hydrogen-bond acceptors (Lipinski definition) is 2. The van der Waals surface area contributed by atoms with Crippen LogP contribution in [0.25, 0.3) is 5.43 Å². The largest absolute Gasteiger partial charge is 0.405 e. The van der Waals surface area contributed by atoms with Crippen molar-refractivity contribution in [1.82, 2.24) is 9.97 Å². The molecule has 2 heterocycles. The van der Waals surface area contributed by atoms with E-state index in [9.17, 15) is 0 Å². The van der Waals surface area contributed by atoms with E-state index in [2.05, 4.69) is 15.4 Å². The molecule has 0 aliphatic heterocycles. The molecule has 0 amide bonds. The topological polar surface area (TPSA) is 43.8 Å². The van der Waals surface area contributed by atoms with Gasteiger partial charge in [-0.15, -0.1) is 0 Å². The summed E-state index contributed by atoms with van der Waals surface area (Å²) >= 11 is 11.4. The second-order valence-corrected chi connectivity index (χ2v) is 3.40. The van der Waals surface area contributed by atoms with Crippen molar-refractivity contribution in [3.63, 3.8) is 0 Å². The van der Waals surface area contributed by atoms with E-state index in [1.54, 1.807) is 17.1 Å². The molecule has 0 spiro atoms. The lowest BCUT2D eigenvalue weighted by Crippen LogP contribution is -2.26. The zero-order chi connectivity index (χ0) is 10.7. The SMILES string of the molecule is Clc1cc([N-][n+]2ccccc2)nc(Cl)n1. The lowest BCUT2D eigenvalue weighted by Gasteiger charge is -2.08. The Bertz CT molecular complexity index is 441. The van der Waals surface area contributed by atoms with Gasteiger partial charge < -0.3 is 4.98 Å². The fraction of sp³-hybridized carbons (Fsp3) is 0. The minimum Gasteiger partial charge on any atom is -0.405 e. The monoisotopic (exact) mass is 240 g/mol. The molecule has 0 atom stereocenters. The highest BCUT2D eigenvalue weighted by atomic mass is 35.5. The Balaban J connectivity index is 2.25. The Kier molecular flexibility index (Phi) is 2.99. The van der Waals surface area contributed by atoms with E-state index in [0.717, 1.165) is 0 Å². The van der Waals surface area contributed by atoms with Gasteiger partial charge >= 0.3 is 0 Å². The van der Waals surface area contributed by atoms with Gasteiger partial charge in [0.15, 0.2) is 12.4 Å². The predicted molar refractivity (Wildman–Crippen MR) is 57.1 cm³/mol. The van der Waals surface area contributed by atoms with Gasteiger partial charge in [0.2, 0.25) is 0 Å². The van der Waals surface area contributed by atoms with Gasteiger partial charge in [0.1, 0.15) is 10.4 Å². The summed E-state index contributed by atoms with van der Waals surface area (Å²) < 4.78 is 1.61. The van der Waals surface area contributed by atoms with Crippen LogP contribution in [-0.4, -0.2) is 9.97 Å². The third kappa shape index (κ3) is 2.78. The summed E-state index contributed by atoms with van der Waals surface area (Å²) in [5, 5.41) is 0.350. The Morgan fingerprint density at radius 2 is 1.80 bits per heavy atom. The highest BCUT2D eigenvalue weighted by molar-refractivity contribution is 6.32. The highest BCUT2D eigenvalue weighted by Crippen LogP contribution is 2.18. The van der Waals surface area contributed by atoms with Crippen LogP contribution in [0.3, 0.4) is 0 Å². The van der Waals surface area contributed by atoms with Crippen LogP contribution >= 0.6 is 23.2 Å². The molecule has 0 N–H and O–H groups in total. The van der Waals surface area contributed by atoms with Crippen molar-refractivity contribution >= 4 is 29.0 Å². The van der Waals surface area contributed by atoms with Crippen molar-refractivity contribution in [3.8, 4) is 0 Å². The van der Waals surface area contributed by atoms with E-state index in [1.807, 2.05) is 18.2 Å². The van der Waals surface area contributed by atoms with Crippen molar-refractivity contribution in [1.29, 1.82) is 0 Å². The third-order valence-corrected chi connectivity index (χ3v) is 1.93. The van der Waals surface area contributed by atoms with Gasteiger partial charge in [-0.1, -0.05) is 29.3 Å². The van der Waals surface area contributed by atoms with Crippen molar-refractivity contribution in [2.24, 2.45) is 0 Å². The van der Waals surface area contributed by atoms with Gasteiger partial charge in [-0.25, -0.2) is 4.98 Å². The molecule has 0 fully saturated rings. The third-order valence-electron chi connectivity index (χ3n) is 1.57. The molecule has 2 rings (SSSR count). The molecule has 0 bridgehead atoms. The standard InChI is InChI=1S/C9H6Cl2N4/c10-7-6-8(13-9(11)12-7)14-15-4-2-1-3-5-15/h1-6H. The fourth-order valence-corrected chi connectivity index (χ4v) is 1.40. The molecule has 76 valence electrons. The lowest BCUT2D eigenvalue weighted by molar-refractivity contribution is -0.619. The van der Waals surface area contributed by atoms with Crippen LogP contribution in [0.4, 0.5) is 5.82 Å². The zero-order valence-electron chi connectivity index (χ0n) is 7.51. The number of pyridine rings is 1. The first kappa shape index (κ1) is 10.1.